The van der Waals surface area contributed by atoms with E-state index in [1.165, 1.54) is 38.5 Å². The number of sulfone groups is 1. The third kappa shape index (κ3) is 2.95. The lowest BCUT2D eigenvalue weighted by atomic mass is 10.3. The van der Waals surface area contributed by atoms with Gasteiger partial charge in [0.05, 0.1) is 29.0 Å². The molecule has 0 aliphatic heterocycles. The highest BCUT2D eigenvalue weighted by molar-refractivity contribution is 7.91. The molecule has 0 aliphatic carbocycles. The van der Waals surface area contributed by atoms with Gasteiger partial charge in [0.15, 0.2) is 0 Å². The molecule has 0 saturated heterocycles. The van der Waals surface area contributed by atoms with Crippen molar-refractivity contribution in [2.45, 2.75) is 9.79 Å². The molecule has 0 amide bonds. The molecule has 112 valence electrons. The maximum Gasteiger partial charge on any atom is 0.208 e. The van der Waals surface area contributed by atoms with E-state index in [0.29, 0.717) is 11.5 Å². The third-order valence-corrected chi connectivity index (χ3v) is 5.68. The van der Waals surface area contributed by atoms with Gasteiger partial charge >= 0.3 is 0 Å². The molecular formula is C14H12Cl2O4S. The predicted molar refractivity (Wildman–Crippen MR) is 81.5 cm³/mol. The van der Waals surface area contributed by atoms with Crippen LogP contribution < -0.4 is 9.47 Å². The molecule has 21 heavy (non-hydrogen) atoms. The molecule has 0 spiro atoms. The van der Waals surface area contributed by atoms with Crippen molar-refractivity contribution in [3.63, 3.8) is 0 Å². The van der Waals surface area contributed by atoms with Gasteiger partial charge in [-0.15, -0.1) is 0 Å². The first-order valence-corrected chi connectivity index (χ1v) is 8.07. The minimum absolute atomic E-state index is 0.0631. The molecule has 2 aromatic rings. The minimum Gasteiger partial charge on any atom is -0.497 e. The fourth-order valence-corrected chi connectivity index (χ4v) is 3.85. The Hall–Kier alpha value is -1.43. The summed E-state index contributed by atoms with van der Waals surface area (Å²) < 4.78 is 35.2. The van der Waals surface area contributed by atoms with Crippen molar-refractivity contribution in [1.29, 1.82) is 0 Å². The van der Waals surface area contributed by atoms with Gasteiger partial charge in [0.2, 0.25) is 9.84 Å². The second-order valence-corrected chi connectivity index (χ2v) is 6.75. The first-order chi connectivity index (χ1) is 9.91. The maximum absolute atomic E-state index is 12.6. The van der Waals surface area contributed by atoms with Crippen LogP contribution in [0.1, 0.15) is 0 Å². The molecule has 0 fully saturated rings. The zero-order chi connectivity index (χ0) is 15.6. The van der Waals surface area contributed by atoms with Crippen LogP contribution >= 0.6 is 23.2 Å². The van der Waals surface area contributed by atoms with Crippen molar-refractivity contribution in [3.8, 4) is 11.5 Å². The molecule has 0 radical (unpaired) electrons. The van der Waals surface area contributed by atoms with E-state index >= 15 is 0 Å². The Labute approximate surface area is 133 Å². The summed E-state index contributed by atoms with van der Waals surface area (Å²) in [6.07, 6.45) is 0. The fourth-order valence-electron chi connectivity index (χ4n) is 1.76. The van der Waals surface area contributed by atoms with Gasteiger partial charge < -0.3 is 9.47 Å². The highest BCUT2D eigenvalue weighted by atomic mass is 35.5. The van der Waals surface area contributed by atoms with Gasteiger partial charge in [-0.1, -0.05) is 23.2 Å². The molecule has 2 rings (SSSR count). The molecule has 2 aromatic carbocycles. The Balaban J connectivity index is 2.56. The Morgan fingerprint density at radius 3 is 2.00 bits per heavy atom. The number of hydrogen-bond donors (Lipinski definition) is 0. The van der Waals surface area contributed by atoms with E-state index in [1.807, 2.05) is 0 Å². The summed E-state index contributed by atoms with van der Waals surface area (Å²) >= 11 is 12.1. The van der Waals surface area contributed by atoms with Gasteiger partial charge in [0.1, 0.15) is 16.5 Å². The zero-order valence-corrected chi connectivity index (χ0v) is 13.6. The average molecular weight is 347 g/mol. The van der Waals surface area contributed by atoms with Gasteiger partial charge in [0.25, 0.3) is 0 Å². The Morgan fingerprint density at radius 1 is 0.857 bits per heavy atom. The van der Waals surface area contributed by atoms with Crippen LogP contribution in [0.3, 0.4) is 0 Å². The van der Waals surface area contributed by atoms with E-state index in [-0.39, 0.29) is 19.8 Å². The molecule has 4 nitrogen and oxygen atoms in total. The molecule has 7 heteroatoms. The third-order valence-electron chi connectivity index (χ3n) is 2.89. The SMILES string of the molecule is COc1ccc(S(=O)(=O)c2ccc(OC)c(Cl)c2Cl)cc1. The van der Waals surface area contributed by atoms with Gasteiger partial charge in [0, 0.05) is 0 Å². The zero-order valence-electron chi connectivity index (χ0n) is 11.3. The molecule has 0 unspecified atom stereocenters. The van der Waals surface area contributed by atoms with Crippen molar-refractivity contribution in [1.82, 2.24) is 0 Å². The van der Waals surface area contributed by atoms with Gasteiger partial charge in [-0.3, -0.25) is 0 Å². The van der Waals surface area contributed by atoms with Crippen LogP contribution in [0.25, 0.3) is 0 Å². The van der Waals surface area contributed by atoms with E-state index in [0.717, 1.165) is 0 Å². The van der Waals surface area contributed by atoms with Crippen LogP contribution in [0.5, 0.6) is 11.5 Å². The molecule has 0 aliphatic rings. The van der Waals surface area contributed by atoms with E-state index in [2.05, 4.69) is 0 Å². The number of halogens is 2. The second kappa shape index (κ2) is 6.13. The van der Waals surface area contributed by atoms with Crippen molar-refractivity contribution in [2.75, 3.05) is 14.2 Å². The number of hydrogen-bond acceptors (Lipinski definition) is 4. The highest BCUT2D eigenvalue weighted by Crippen LogP contribution is 2.38. The smallest absolute Gasteiger partial charge is 0.208 e. The quantitative estimate of drug-likeness (QED) is 0.843. The number of rotatable bonds is 4. The maximum atomic E-state index is 12.6. The van der Waals surface area contributed by atoms with E-state index in [4.69, 9.17) is 32.7 Å². The summed E-state index contributed by atoms with van der Waals surface area (Å²) in [5.41, 5.74) is 0. The number of ether oxygens (including phenoxy) is 2. The molecule has 0 aromatic heterocycles. The van der Waals surface area contributed by atoms with Crippen LogP contribution in [0.15, 0.2) is 46.2 Å². The van der Waals surface area contributed by atoms with Crippen LogP contribution in [0, 0.1) is 0 Å². The number of benzene rings is 2. The average Bonchev–Trinajstić information content (AvgIpc) is 2.49. The van der Waals surface area contributed by atoms with Crippen LogP contribution in [-0.4, -0.2) is 22.6 Å². The monoisotopic (exact) mass is 346 g/mol. The number of methoxy groups -OCH3 is 2. The summed E-state index contributed by atoms with van der Waals surface area (Å²) in [5, 5.41) is 0.000545. The molecule has 0 heterocycles. The Bertz CT molecular complexity index is 755. The molecular weight excluding hydrogens is 335 g/mol. The van der Waals surface area contributed by atoms with Crippen LogP contribution in [-0.2, 0) is 9.84 Å². The lowest BCUT2D eigenvalue weighted by Gasteiger charge is -2.11. The largest absolute Gasteiger partial charge is 0.497 e. The van der Waals surface area contributed by atoms with Gasteiger partial charge in [-0.2, -0.15) is 0 Å². The standard InChI is InChI=1S/C14H12Cl2O4S/c1-19-9-3-5-10(6-4-9)21(17,18)12-8-7-11(20-2)13(15)14(12)16/h3-8H,1-2H3. The van der Waals surface area contributed by atoms with Crippen LogP contribution in [0.4, 0.5) is 0 Å². The summed E-state index contributed by atoms with van der Waals surface area (Å²) in [7, 11) is -0.840. The highest BCUT2D eigenvalue weighted by Gasteiger charge is 2.24. The normalized spacial score (nSPS) is 11.2. The lowest BCUT2D eigenvalue weighted by molar-refractivity contribution is 0.414. The van der Waals surface area contributed by atoms with Crippen molar-refractivity contribution in [2.24, 2.45) is 0 Å². The lowest BCUT2D eigenvalue weighted by Crippen LogP contribution is -2.03. The second-order valence-electron chi connectivity index (χ2n) is 4.07. The first kappa shape index (κ1) is 15.9. The van der Waals surface area contributed by atoms with Crippen molar-refractivity contribution < 1.29 is 17.9 Å². The predicted octanol–water partition coefficient (Wildman–Crippen LogP) is 3.84. The molecule has 0 atom stereocenters. The van der Waals surface area contributed by atoms with Crippen molar-refractivity contribution in [3.05, 3.63) is 46.4 Å². The summed E-state index contributed by atoms with van der Waals surface area (Å²) in [4.78, 5) is 0.0339. The van der Waals surface area contributed by atoms with Gasteiger partial charge in [-0.05, 0) is 36.4 Å². The Morgan fingerprint density at radius 2 is 1.48 bits per heavy atom. The van der Waals surface area contributed by atoms with Gasteiger partial charge in [-0.25, -0.2) is 8.42 Å². The van der Waals surface area contributed by atoms with Crippen LogP contribution in [0.2, 0.25) is 10.0 Å². The topological polar surface area (TPSA) is 52.6 Å². The summed E-state index contributed by atoms with van der Waals surface area (Å²) in [6, 6.07) is 8.85. The minimum atomic E-state index is -3.77. The molecule has 0 N–H and O–H groups in total. The van der Waals surface area contributed by atoms with E-state index < -0.39 is 9.84 Å². The summed E-state index contributed by atoms with van der Waals surface area (Å²) in [5.74, 6) is 0.878. The van der Waals surface area contributed by atoms with E-state index in [1.54, 1.807) is 12.1 Å². The van der Waals surface area contributed by atoms with Crippen molar-refractivity contribution >= 4 is 33.0 Å². The Kier molecular flexibility index (Phi) is 4.66. The van der Waals surface area contributed by atoms with E-state index in [9.17, 15) is 8.42 Å². The molecule has 0 bridgehead atoms. The molecule has 0 saturated carbocycles. The first-order valence-electron chi connectivity index (χ1n) is 5.83. The summed E-state index contributed by atoms with van der Waals surface area (Å²) in [6.45, 7) is 0. The fraction of sp³-hybridized carbons (Fsp3) is 0.143.